The van der Waals surface area contributed by atoms with E-state index in [1.165, 1.54) is 6.42 Å². The molecule has 4 nitrogen and oxygen atoms in total. The van der Waals surface area contributed by atoms with Gasteiger partial charge < -0.3 is 14.8 Å². The summed E-state index contributed by atoms with van der Waals surface area (Å²) in [6.45, 7) is 5.32. The Morgan fingerprint density at radius 2 is 2.13 bits per heavy atom. The maximum absolute atomic E-state index is 12.8. The van der Waals surface area contributed by atoms with Gasteiger partial charge in [0.25, 0.3) is 5.91 Å². The Bertz CT molecular complexity index is 501. The van der Waals surface area contributed by atoms with E-state index < -0.39 is 5.60 Å². The van der Waals surface area contributed by atoms with Crippen LogP contribution in [-0.2, 0) is 9.53 Å². The molecule has 1 fully saturated rings. The van der Waals surface area contributed by atoms with E-state index in [4.69, 9.17) is 9.47 Å². The number of carbonyl (C=O) groups excluding carboxylic acids is 1. The van der Waals surface area contributed by atoms with Crippen molar-refractivity contribution in [1.29, 1.82) is 0 Å². The van der Waals surface area contributed by atoms with Gasteiger partial charge in [-0.25, -0.2) is 0 Å². The van der Waals surface area contributed by atoms with Gasteiger partial charge >= 0.3 is 0 Å². The molecular weight excluding hydrogens is 358 g/mol. The van der Waals surface area contributed by atoms with Crippen LogP contribution in [0.2, 0.25) is 0 Å². The van der Waals surface area contributed by atoms with E-state index in [0.717, 1.165) is 36.0 Å². The first-order valence-electron chi connectivity index (χ1n) is 8.34. The van der Waals surface area contributed by atoms with Crippen molar-refractivity contribution < 1.29 is 14.3 Å². The van der Waals surface area contributed by atoms with Gasteiger partial charge in [-0.15, -0.1) is 0 Å². The SMILES string of the molecule is CCO[C@@]1(C(=O)Nc2ccc(OCCBr)cc2)CCC[C@@H](C)C1. The highest BCUT2D eigenvalue weighted by Crippen LogP contribution is 2.36. The van der Waals surface area contributed by atoms with E-state index in [0.29, 0.717) is 19.1 Å². The molecule has 2 rings (SSSR count). The summed E-state index contributed by atoms with van der Waals surface area (Å²) >= 11 is 3.33. The molecule has 0 saturated heterocycles. The van der Waals surface area contributed by atoms with Crippen LogP contribution in [0.15, 0.2) is 24.3 Å². The third-order valence-corrected chi connectivity index (χ3v) is 4.57. The summed E-state index contributed by atoms with van der Waals surface area (Å²) in [5, 5.41) is 3.80. The van der Waals surface area contributed by atoms with Crippen molar-refractivity contribution in [2.75, 3.05) is 23.9 Å². The molecule has 1 aliphatic rings. The minimum atomic E-state index is -0.683. The van der Waals surface area contributed by atoms with E-state index in [1.807, 2.05) is 31.2 Å². The van der Waals surface area contributed by atoms with Crippen molar-refractivity contribution >= 4 is 27.5 Å². The van der Waals surface area contributed by atoms with Crippen LogP contribution in [0.4, 0.5) is 5.69 Å². The lowest BCUT2D eigenvalue weighted by Crippen LogP contribution is -2.48. The number of halogens is 1. The molecule has 0 bridgehead atoms. The number of carbonyl (C=O) groups is 1. The summed E-state index contributed by atoms with van der Waals surface area (Å²) in [6.07, 6.45) is 3.79. The monoisotopic (exact) mass is 383 g/mol. The molecule has 0 aromatic heterocycles. The molecular formula is C18H26BrNO3. The fourth-order valence-corrected chi connectivity index (χ4v) is 3.38. The maximum Gasteiger partial charge on any atom is 0.256 e. The average Bonchev–Trinajstić information content (AvgIpc) is 2.54. The normalized spacial score (nSPS) is 24.2. The fraction of sp³-hybridized carbons (Fsp3) is 0.611. The number of alkyl halides is 1. The first kappa shape index (κ1) is 18.3. The fourth-order valence-electron chi connectivity index (χ4n) is 3.22. The first-order valence-corrected chi connectivity index (χ1v) is 9.46. The first-order chi connectivity index (χ1) is 11.1. The predicted molar refractivity (Wildman–Crippen MR) is 96.3 cm³/mol. The molecule has 1 N–H and O–H groups in total. The van der Waals surface area contributed by atoms with Crippen LogP contribution in [0.3, 0.4) is 0 Å². The van der Waals surface area contributed by atoms with Crippen molar-refractivity contribution in [1.82, 2.24) is 0 Å². The molecule has 0 heterocycles. The Kier molecular flexibility index (Phi) is 6.90. The summed E-state index contributed by atoms with van der Waals surface area (Å²) in [6, 6.07) is 7.48. The maximum atomic E-state index is 12.8. The van der Waals surface area contributed by atoms with Crippen molar-refractivity contribution in [3.63, 3.8) is 0 Å². The van der Waals surface area contributed by atoms with Gasteiger partial charge in [0.05, 0.1) is 6.61 Å². The molecule has 1 aromatic carbocycles. The molecule has 0 spiro atoms. The zero-order chi connectivity index (χ0) is 16.7. The van der Waals surface area contributed by atoms with Crippen LogP contribution >= 0.6 is 15.9 Å². The number of hydrogen-bond donors (Lipinski definition) is 1. The van der Waals surface area contributed by atoms with Crippen LogP contribution in [0.1, 0.15) is 39.5 Å². The van der Waals surface area contributed by atoms with Gasteiger partial charge in [-0.05, 0) is 56.4 Å². The van der Waals surface area contributed by atoms with Gasteiger partial charge in [0.1, 0.15) is 11.4 Å². The second-order valence-corrected chi connectivity index (χ2v) is 6.94. The molecule has 1 saturated carbocycles. The van der Waals surface area contributed by atoms with Gasteiger partial charge in [0, 0.05) is 17.6 Å². The van der Waals surface area contributed by atoms with Crippen LogP contribution in [0, 0.1) is 5.92 Å². The van der Waals surface area contributed by atoms with E-state index >= 15 is 0 Å². The molecule has 2 atom stereocenters. The zero-order valence-electron chi connectivity index (χ0n) is 13.9. The highest BCUT2D eigenvalue weighted by Gasteiger charge is 2.42. The van der Waals surface area contributed by atoms with Crippen molar-refractivity contribution in [3.05, 3.63) is 24.3 Å². The Labute approximate surface area is 147 Å². The van der Waals surface area contributed by atoms with Gasteiger partial charge in [-0.3, -0.25) is 4.79 Å². The minimum Gasteiger partial charge on any atom is -0.493 e. The number of rotatable bonds is 7. The minimum absolute atomic E-state index is 0.0278. The van der Waals surface area contributed by atoms with E-state index in [1.54, 1.807) is 0 Å². The van der Waals surface area contributed by atoms with Crippen LogP contribution in [0.5, 0.6) is 5.75 Å². The summed E-state index contributed by atoms with van der Waals surface area (Å²) < 4.78 is 11.4. The Morgan fingerprint density at radius 1 is 1.39 bits per heavy atom. The van der Waals surface area contributed by atoms with Crippen molar-refractivity contribution in [2.24, 2.45) is 5.92 Å². The zero-order valence-corrected chi connectivity index (χ0v) is 15.5. The van der Waals surface area contributed by atoms with Crippen molar-refractivity contribution in [2.45, 2.75) is 45.1 Å². The molecule has 1 aromatic rings. The van der Waals surface area contributed by atoms with Gasteiger partial charge in [-0.1, -0.05) is 29.3 Å². The summed E-state index contributed by atoms with van der Waals surface area (Å²) in [7, 11) is 0. The third-order valence-electron chi connectivity index (χ3n) is 4.25. The number of amides is 1. The van der Waals surface area contributed by atoms with Crippen molar-refractivity contribution in [3.8, 4) is 5.75 Å². The summed E-state index contributed by atoms with van der Waals surface area (Å²) in [5.74, 6) is 1.29. The van der Waals surface area contributed by atoms with E-state index in [2.05, 4.69) is 28.2 Å². The van der Waals surface area contributed by atoms with Gasteiger partial charge in [-0.2, -0.15) is 0 Å². The summed E-state index contributed by atoms with van der Waals surface area (Å²) in [5.41, 5.74) is 0.0934. The smallest absolute Gasteiger partial charge is 0.256 e. The van der Waals surface area contributed by atoms with E-state index in [9.17, 15) is 4.79 Å². The number of ether oxygens (including phenoxy) is 2. The van der Waals surface area contributed by atoms with Crippen LogP contribution in [0.25, 0.3) is 0 Å². The summed E-state index contributed by atoms with van der Waals surface area (Å²) in [4.78, 5) is 12.8. The third kappa shape index (κ3) is 4.95. The van der Waals surface area contributed by atoms with E-state index in [-0.39, 0.29) is 5.91 Å². The number of nitrogens with one attached hydrogen (secondary N) is 1. The lowest BCUT2D eigenvalue weighted by Gasteiger charge is -2.38. The highest BCUT2D eigenvalue weighted by atomic mass is 79.9. The molecule has 128 valence electrons. The lowest BCUT2D eigenvalue weighted by molar-refractivity contribution is -0.147. The van der Waals surface area contributed by atoms with Crippen LogP contribution < -0.4 is 10.1 Å². The molecule has 1 aliphatic carbocycles. The second kappa shape index (κ2) is 8.69. The predicted octanol–water partition coefficient (Wildman–Crippen LogP) is 4.38. The molecule has 23 heavy (non-hydrogen) atoms. The topological polar surface area (TPSA) is 47.6 Å². The van der Waals surface area contributed by atoms with Crippen LogP contribution in [-0.4, -0.2) is 30.1 Å². The Balaban J connectivity index is 2.03. The Hall–Kier alpha value is -1.07. The molecule has 0 unspecified atom stereocenters. The average molecular weight is 384 g/mol. The number of anilines is 1. The Morgan fingerprint density at radius 3 is 2.74 bits per heavy atom. The van der Waals surface area contributed by atoms with Gasteiger partial charge in [0.15, 0.2) is 0 Å². The van der Waals surface area contributed by atoms with Gasteiger partial charge in [0.2, 0.25) is 0 Å². The largest absolute Gasteiger partial charge is 0.493 e. The molecule has 1 amide bonds. The number of benzene rings is 1. The molecule has 5 heteroatoms. The lowest BCUT2D eigenvalue weighted by atomic mass is 9.78. The standard InChI is InChI=1S/C18H26BrNO3/c1-3-23-18(10-4-5-14(2)13-18)17(21)20-15-6-8-16(9-7-15)22-12-11-19/h6-9,14H,3-5,10-13H2,1-2H3,(H,20,21)/t14-,18+/m1/s1. The quantitative estimate of drug-likeness (QED) is 0.710. The molecule has 0 radical (unpaired) electrons. The molecule has 0 aliphatic heterocycles. The number of hydrogen-bond acceptors (Lipinski definition) is 3. The second-order valence-electron chi connectivity index (χ2n) is 6.14. The highest BCUT2D eigenvalue weighted by molar-refractivity contribution is 9.09.